The molecule has 1 atom stereocenters. The van der Waals surface area contributed by atoms with Gasteiger partial charge in [0.05, 0.1) is 11.5 Å². The van der Waals surface area contributed by atoms with Gasteiger partial charge in [-0.15, -0.1) is 5.10 Å². The van der Waals surface area contributed by atoms with Gasteiger partial charge in [-0.2, -0.15) is 13.5 Å². The predicted octanol–water partition coefficient (Wildman–Crippen LogP) is 3.32. The topological polar surface area (TPSA) is 97.2 Å². The van der Waals surface area contributed by atoms with Gasteiger partial charge < -0.3 is 9.50 Å². The van der Waals surface area contributed by atoms with Crippen LogP contribution >= 0.6 is 11.8 Å². The highest BCUT2D eigenvalue weighted by Gasteiger charge is 2.25. The molecule has 1 amide bonds. The third kappa shape index (κ3) is 4.86. The number of rotatable bonds is 5. The number of carbonyl (C=O) groups is 1. The Morgan fingerprint density at radius 1 is 1.10 bits per heavy atom. The number of hydrogen-bond acceptors (Lipinski definition) is 7. The van der Waals surface area contributed by atoms with Crippen LogP contribution in [-0.4, -0.2) is 31.0 Å². The molecule has 1 fully saturated rings. The van der Waals surface area contributed by atoms with E-state index in [1.165, 1.54) is 24.0 Å². The number of aryl methyl sites for hydroxylation is 3. The number of nitrogens with one attached hydrogen (secondary N) is 1. The number of hydrogen-bond donors (Lipinski definition) is 1. The van der Waals surface area contributed by atoms with Crippen molar-refractivity contribution in [3.63, 3.8) is 0 Å². The predicted molar refractivity (Wildman–Crippen MR) is 115 cm³/mol. The van der Waals surface area contributed by atoms with Crippen LogP contribution in [0.2, 0.25) is 0 Å². The van der Waals surface area contributed by atoms with Crippen LogP contribution in [0, 0.1) is 20.8 Å². The van der Waals surface area contributed by atoms with E-state index in [9.17, 15) is 13.2 Å². The molecule has 0 saturated carbocycles. The van der Waals surface area contributed by atoms with E-state index in [0.29, 0.717) is 16.3 Å². The number of carbonyl (C=O) groups excluding carboxylic acids is 1. The van der Waals surface area contributed by atoms with Crippen LogP contribution in [0.1, 0.15) is 29.2 Å². The number of amidine groups is 1. The maximum Gasteiger partial charge on any atom is 0.339 e. The summed E-state index contributed by atoms with van der Waals surface area (Å²) in [5.41, 5.74) is 2.97. The van der Waals surface area contributed by atoms with E-state index < -0.39 is 10.1 Å². The van der Waals surface area contributed by atoms with Crippen molar-refractivity contribution in [1.82, 2.24) is 5.32 Å². The largest absolute Gasteiger partial charge is 0.378 e. The molecule has 0 aliphatic carbocycles. The van der Waals surface area contributed by atoms with E-state index in [-0.39, 0.29) is 21.8 Å². The van der Waals surface area contributed by atoms with Gasteiger partial charge in [-0.3, -0.25) is 4.79 Å². The quantitative estimate of drug-likeness (QED) is 0.445. The Labute approximate surface area is 174 Å². The van der Waals surface area contributed by atoms with Crippen LogP contribution < -0.4 is 9.50 Å². The minimum absolute atomic E-state index is 0.0889. The molecule has 29 heavy (non-hydrogen) atoms. The van der Waals surface area contributed by atoms with Crippen molar-refractivity contribution < 1.29 is 17.4 Å². The fourth-order valence-corrected chi connectivity index (χ4v) is 4.42. The molecular formula is C20H21N3O4S2. The van der Waals surface area contributed by atoms with Gasteiger partial charge in [0.2, 0.25) is 5.91 Å². The molecule has 152 valence electrons. The van der Waals surface area contributed by atoms with Crippen LogP contribution in [0.3, 0.4) is 0 Å². The highest BCUT2D eigenvalue weighted by atomic mass is 32.2. The smallest absolute Gasteiger partial charge is 0.339 e. The first-order chi connectivity index (χ1) is 13.7. The van der Waals surface area contributed by atoms with E-state index in [2.05, 4.69) is 15.5 Å². The summed E-state index contributed by atoms with van der Waals surface area (Å²) in [6.07, 6.45) is 1.40. The van der Waals surface area contributed by atoms with E-state index in [1.54, 1.807) is 44.2 Å². The van der Waals surface area contributed by atoms with Crippen molar-refractivity contribution in [3.8, 4) is 5.75 Å². The highest BCUT2D eigenvalue weighted by Crippen LogP contribution is 2.27. The SMILES string of the molecule is Cc1ccc(S(=O)(=O)Oc2c(C)cccc2C=NN=C2NC(=O)C(C)S2)cc1C. The van der Waals surface area contributed by atoms with E-state index in [4.69, 9.17) is 4.18 Å². The molecule has 0 spiro atoms. The Morgan fingerprint density at radius 3 is 2.52 bits per heavy atom. The van der Waals surface area contributed by atoms with Crippen LogP contribution in [0.15, 0.2) is 51.5 Å². The molecule has 2 aromatic carbocycles. The maximum absolute atomic E-state index is 12.8. The monoisotopic (exact) mass is 431 g/mol. The lowest BCUT2D eigenvalue weighted by molar-refractivity contribution is -0.118. The Bertz CT molecular complexity index is 1120. The zero-order valence-electron chi connectivity index (χ0n) is 16.5. The molecular weight excluding hydrogens is 410 g/mol. The van der Waals surface area contributed by atoms with Crippen molar-refractivity contribution >= 4 is 39.2 Å². The standard InChI is InChI=1S/C20H21N3O4S2/c1-12-8-9-17(10-14(12)3)29(25,26)27-18-13(2)6-5-7-16(18)11-21-23-20-22-19(24)15(4)28-20/h5-11,15H,1-4H3,(H,22,23,24). The van der Waals surface area contributed by atoms with E-state index in [0.717, 1.165) is 11.1 Å². The Balaban J connectivity index is 1.88. The molecule has 1 heterocycles. The molecule has 3 rings (SSSR count). The van der Waals surface area contributed by atoms with Gasteiger partial charge in [-0.25, -0.2) is 0 Å². The van der Waals surface area contributed by atoms with Crippen LogP contribution in [-0.2, 0) is 14.9 Å². The summed E-state index contributed by atoms with van der Waals surface area (Å²) in [6, 6.07) is 10.1. The molecule has 2 aromatic rings. The summed E-state index contributed by atoms with van der Waals surface area (Å²) in [6.45, 7) is 7.29. The molecule has 7 nitrogen and oxygen atoms in total. The number of nitrogens with zero attached hydrogens (tertiary/aromatic N) is 2. The lowest BCUT2D eigenvalue weighted by Crippen LogP contribution is -2.23. The van der Waals surface area contributed by atoms with Crippen molar-refractivity contribution in [2.75, 3.05) is 0 Å². The van der Waals surface area contributed by atoms with Gasteiger partial charge in [0, 0.05) is 5.56 Å². The van der Waals surface area contributed by atoms with Gasteiger partial charge in [0.15, 0.2) is 10.9 Å². The summed E-state index contributed by atoms with van der Waals surface area (Å²) in [5.74, 6) is 0.0640. The minimum Gasteiger partial charge on any atom is -0.378 e. The summed E-state index contributed by atoms with van der Waals surface area (Å²) >= 11 is 1.27. The lowest BCUT2D eigenvalue weighted by Gasteiger charge is -2.12. The Morgan fingerprint density at radius 2 is 1.86 bits per heavy atom. The minimum atomic E-state index is -4.01. The van der Waals surface area contributed by atoms with Crippen molar-refractivity contribution in [2.45, 2.75) is 37.8 Å². The lowest BCUT2D eigenvalue weighted by atomic mass is 10.1. The Hall–Kier alpha value is -2.65. The van der Waals surface area contributed by atoms with Gasteiger partial charge in [0.25, 0.3) is 0 Å². The second-order valence-electron chi connectivity index (χ2n) is 6.68. The van der Waals surface area contributed by atoms with Gasteiger partial charge in [0.1, 0.15) is 4.90 Å². The Kier molecular flexibility index (Phi) is 6.09. The second kappa shape index (κ2) is 8.38. The average Bonchev–Trinajstić information content (AvgIpc) is 2.97. The number of benzene rings is 2. The van der Waals surface area contributed by atoms with Gasteiger partial charge in [-0.05, 0) is 62.6 Å². The molecule has 1 aliphatic rings. The van der Waals surface area contributed by atoms with Gasteiger partial charge >= 0.3 is 10.1 Å². The molecule has 1 aliphatic heterocycles. The third-order valence-corrected chi connectivity index (χ3v) is 6.63. The van der Waals surface area contributed by atoms with E-state index in [1.807, 2.05) is 13.8 Å². The van der Waals surface area contributed by atoms with Crippen molar-refractivity contribution in [1.29, 1.82) is 0 Å². The highest BCUT2D eigenvalue weighted by molar-refractivity contribution is 8.15. The zero-order chi connectivity index (χ0) is 21.2. The summed E-state index contributed by atoms with van der Waals surface area (Å²) in [4.78, 5) is 11.6. The summed E-state index contributed by atoms with van der Waals surface area (Å²) < 4.78 is 31.0. The number of para-hydroxylation sites is 1. The van der Waals surface area contributed by atoms with E-state index >= 15 is 0 Å². The third-order valence-electron chi connectivity index (χ3n) is 4.44. The van der Waals surface area contributed by atoms with Crippen molar-refractivity contribution in [3.05, 3.63) is 58.7 Å². The summed E-state index contributed by atoms with van der Waals surface area (Å²) in [7, 11) is -4.01. The molecule has 9 heteroatoms. The first-order valence-electron chi connectivity index (χ1n) is 8.87. The first-order valence-corrected chi connectivity index (χ1v) is 11.2. The van der Waals surface area contributed by atoms with Crippen LogP contribution in [0.25, 0.3) is 0 Å². The normalized spacial score (nSPS) is 18.4. The first kappa shape index (κ1) is 21.1. The number of amides is 1. The zero-order valence-corrected chi connectivity index (χ0v) is 18.1. The molecule has 0 radical (unpaired) electrons. The second-order valence-corrected chi connectivity index (χ2v) is 9.55. The van der Waals surface area contributed by atoms with Gasteiger partial charge in [-0.1, -0.05) is 30.0 Å². The summed E-state index contributed by atoms with van der Waals surface area (Å²) in [5, 5.41) is 10.8. The fourth-order valence-electron chi connectivity index (χ4n) is 2.57. The molecule has 1 unspecified atom stereocenters. The maximum atomic E-state index is 12.8. The molecule has 1 N–H and O–H groups in total. The molecule has 1 saturated heterocycles. The average molecular weight is 432 g/mol. The fraction of sp³-hybridized carbons (Fsp3) is 0.250. The molecule has 0 bridgehead atoms. The van der Waals surface area contributed by atoms with Crippen LogP contribution in [0.5, 0.6) is 5.75 Å². The van der Waals surface area contributed by atoms with Crippen molar-refractivity contribution in [2.24, 2.45) is 10.2 Å². The molecule has 0 aromatic heterocycles. The number of thioether (sulfide) groups is 1. The van der Waals surface area contributed by atoms with Crippen LogP contribution in [0.4, 0.5) is 0 Å².